The van der Waals surface area contributed by atoms with Crippen molar-refractivity contribution in [1.82, 2.24) is 5.32 Å². The molecule has 0 bridgehead atoms. The van der Waals surface area contributed by atoms with Crippen molar-refractivity contribution in [1.29, 1.82) is 0 Å². The molecule has 2 N–H and O–H groups in total. The third-order valence-corrected chi connectivity index (χ3v) is 2.87. The molecule has 1 amide bonds. The van der Waals surface area contributed by atoms with Crippen molar-refractivity contribution in [2.45, 2.75) is 32.9 Å². The fourth-order valence-corrected chi connectivity index (χ4v) is 1.90. The largest absolute Gasteiger partial charge is 0.401 e. The lowest BCUT2D eigenvalue weighted by Crippen LogP contribution is -2.35. The van der Waals surface area contributed by atoms with Crippen LogP contribution in [-0.4, -0.2) is 25.2 Å². The Morgan fingerprint density at radius 2 is 1.70 bits per heavy atom. The van der Waals surface area contributed by atoms with Crippen LogP contribution >= 0.6 is 0 Å². The molecule has 1 aromatic carbocycles. The van der Waals surface area contributed by atoms with E-state index in [-0.39, 0.29) is 6.54 Å². The summed E-state index contributed by atoms with van der Waals surface area (Å²) in [5.74, 6) is -0.468. The Labute approximate surface area is 116 Å². The van der Waals surface area contributed by atoms with E-state index in [1.165, 1.54) is 0 Å². The molecule has 0 aliphatic rings. The van der Waals surface area contributed by atoms with E-state index < -0.39 is 18.6 Å². The van der Waals surface area contributed by atoms with Gasteiger partial charge in [-0.25, -0.2) is 0 Å². The second kappa shape index (κ2) is 7.28. The highest BCUT2D eigenvalue weighted by Gasteiger charge is 2.26. The molecule has 0 radical (unpaired) electrons. The molecule has 0 aromatic heterocycles. The van der Waals surface area contributed by atoms with Crippen LogP contribution in [0, 0.1) is 0 Å². The summed E-state index contributed by atoms with van der Waals surface area (Å²) < 4.78 is 35.9. The average Bonchev–Trinajstić information content (AvgIpc) is 2.37. The molecule has 0 saturated heterocycles. The number of aryl methyl sites for hydroxylation is 2. The lowest BCUT2D eigenvalue weighted by molar-refractivity contribution is -0.126. The molecule has 0 spiro atoms. The Bertz CT molecular complexity index is 436. The summed E-state index contributed by atoms with van der Waals surface area (Å²) in [6.07, 6.45) is -2.81. The SMILES string of the molecule is CCc1cccc(CC)c1NC(=O)CNCC(F)(F)F. The van der Waals surface area contributed by atoms with E-state index in [0.717, 1.165) is 29.7 Å². The lowest BCUT2D eigenvalue weighted by Gasteiger charge is -2.15. The van der Waals surface area contributed by atoms with Gasteiger partial charge in [-0.2, -0.15) is 13.2 Å². The van der Waals surface area contributed by atoms with Crippen molar-refractivity contribution in [3.63, 3.8) is 0 Å². The summed E-state index contributed by atoms with van der Waals surface area (Å²) in [7, 11) is 0. The van der Waals surface area contributed by atoms with Gasteiger partial charge in [0.05, 0.1) is 13.1 Å². The van der Waals surface area contributed by atoms with Gasteiger partial charge < -0.3 is 10.6 Å². The van der Waals surface area contributed by atoms with Gasteiger partial charge in [0.1, 0.15) is 0 Å². The van der Waals surface area contributed by atoms with Crippen molar-refractivity contribution in [3.8, 4) is 0 Å². The third-order valence-electron chi connectivity index (χ3n) is 2.87. The zero-order chi connectivity index (χ0) is 15.2. The highest BCUT2D eigenvalue weighted by atomic mass is 19.4. The molecule has 20 heavy (non-hydrogen) atoms. The Morgan fingerprint density at radius 3 is 2.15 bits per heavy atom. The summed E-state index contributed by atoms with van der Waals surface area (Å²) in [6, 6.07) is 5.71. The summed E-state index contributed by atoms with van der Waals surface area (Å²) in [4.78, 5) is 11.7. The number of nitrogens with one attached hydrogen (secondary N) is 2. The number of anilines is 1. The van der Waals surface area contributed by atoms with E-state index >= 15 is 0 Å². The number of carbonyl (C=O) groups excluding carboxylic acids is 1. The number of hydrogen-bond donors (Lipinski definition) is 2. The minimum atomic E-state index is -4.31. The van der Waals surface area contributed by atoms with Crippen molar-refractivity contribution < 1.29 is 18.0 Å². The second-order valence-corrected chi connectivity index (χ2v) is 4.43. The van der Waals surface area contributed by atoms with Crippen LogP contribution in [0.2, 0.25) is 0 Å². The molecular weight excluding hydrogens is 269 g/mol. The van der Waals surface area contributed by atoms with E-state index in [1.807, 2.05) is 32.0 Å². The van der Waals surface area contributed by atoms with Gasteiger partial charge in [0.15, 0.2) is 0 Å². The zero-order valence-corrected chi connectivity index (χ0v) is 11.6. The molecule has 0 aliphatic heterocycles. The summed E-state index contributed by atoms with van der Waals surface area (Å²) in [5.41, 5.74) is 2.68. The van der Waals surface area contributed by atoms with Crippen LogP contribution in [0.4, 0.5) is 18.9 Å². The van der Waals surface area contributed by atoms with Crippen LogP contribution in [0.15, 0.2) is 18.2 Å². The quantitative estimate of drug-likeness (QED) is 0.845. The highest BCUT2D eigenvalue weighted by molar-refractivity contribution is 5.93. The van der Waals surface area contributed by atoms with Gasteiger partial charge in [0.25, 0.3) is 0 Å². The summed E-state index contributed by atoms with van der Waals surface area (Å²) in [6.45, 7) is 2.40. The van der Waals surface area contributed by atoms with E-state index in [4.69, 9.17) is 0 Å². The fourth-order valence-electron chi connectivity index (χ4n) is 1.90. The van der Waals surface area contributed by atoms with Crippen molar-refractivity contribution in [3.05, 3.63) is 29.3 Å². The number of alkyl halides is 3. The number of benzene rings is 1. The van der Waals surface area contributed by atoms with Gasteiger partial charge in [0, 0.05) is 5.69 Å². The first kappa shape index (κ1) is 16.5. The van der Waals surface area contributed by atoms with E-state index in [2.05, 4.69) is 10.6 Å². The molecule has 0 heterocycles. The Morgan fingerprint density at radius 1 is 1.15 bits per heavy atom. The molecular formula is C14H19F3N2O. The Kier molecular flexibility index (Phi) is 6.01. The molecule has 0 atom stereocenters. The van der Waals surface area contributed by atoms with Crippen LogP contribution < -0.4 is 10.6 Å². The maximum Gasteiger partial charge on any atom is 0.401 e. The molecule has 0 saturated carbocycles. The maximum absolute atomic E-state index is 12.0. The van der Waals surface area contributed by atoms with Crippen molar-refractivity contribution in [2.24, 2.45) is 0 Å². The van der Waals surface area contributed by atoms with Gasteiger partial charge in [0.2, 0.25) is 5.91 Å². The standard InChI is InChI=1S/C14H19F3N2O/c1-3-10-6-5-7-11(4-2)13(10)19-12(20)8-18-9-14(15,16)17/h5-7,18H,3-4,8-9H2,1-2H3,(H,19,20). The van der Waals surface area contributed by atoms with E-state index in [1.54, 1.807) is 0 Å². The van der Waals surface area contributed by atoms with Crippen LogP contribution in [0.25, 0.3) is 0 Å². The summed E-state index contributed by atoms with van der Waals surface area (Å²) in [5, 5.41) is 4.78. The number of hydrogen-bond acceptors (Lipinski definition) is 2. The first-order chi connectivity index (χ1) is 9.37. The maximum atomic E-state index is 12.0. The first-order valence-corrected chi connectivity index (χ1v) is 6.55. The minimum Gasteiger partial charge on any atom is -0.324 e. The second-order valence-electron chi connectivity index (χ2n) is 4.43. The molecule has 0 unspecified atom stereocenters. The highest BCUT2D eigenvalue weighted by Crippen LogP contribution is 2.22. The van der Waals surface area contributed by atoms with Gasteiger partial charge in [-0.15, -0.1) is 0 Å². The number of amides is 1. The van der Waals surface area contributed by atoms with E-state index in [0.29, 0.717) is 0 Å². The lowest BCUT2D eigenvalue weighted by atomic mass is 10.0. The zero-order valence-electron chi connectivity index (χ0n) is 11.6. The monoisotopic (exact) mass is 288 g/mol. The molecule has 3 nitrogen and oxygen atoms in total. The van der Waals surface area contributed by atoms with Gasteiger partial charge in [-0.3, -0.25) is 4.79 Å². The smallest absolute Gasteiger partial charge is 0.324 e. The first-order valence-electron chi connectivity index (χ1n) is 6.55. The molecule has 1 aromatic rings. The number of rotatable bonds is 6. The average molecular weight is 288 g/mol. The van der Waals surface area contributed by atoms with E-state index in [9.17, 15) is 18.0 Å². The van der Waals surface area contributed by atoms with Crippen LogP contribution in [0.1, 0.15) is 25.0 Å². The summed E-state index contributed by atoms with van der Waals surface area (Å²) >= 11 is 0. The number of carbonyl (C=O) groups is 1. The molecule has 6 heteroatoms. The predicted molar refractivity (Wildman–Crippen MR) is 72.8 cm³/mol. The third kappa shape index (κ3) is 5.21. The molecule has 0 aliphatic carbocycles. The predicted octanol–water partition coefficient (Wildman–Crippen LogP) is 2.90. The molecule has 1 rings (SSSR count). The van der Waals surface area contributed by atoms with Crippen LogP contribution in [0.5, 0.6) is 0 Å². The minimum absolute atomic E-state index is 0.360. The Balaban J connectivity index is 2.66. The van der Waals surface area contributed by atoms with Crippen LogP contribution in [0.3, 0.4) is 0 Å². The van der Waals surface area contributed by atoms with Crippen LogP contribution in [-0.2, 0) is 17.6 Å². The fraction of sp³-hybridized carbons (Fsp3) is 0.500. The Hall–Kier alpha value is -1.56. The van der Waals surface area contributed by atoms with Gasteiger partial charge in [-0.1, -0.05) is 32.0 Å². The van der Waals surface area contributed by atoms with Crippen molar-refractivity contribution in [2.75, 3.05) is 18.4 Å². The molecule has 0 fully saturated rings. The van der Waals surface area contributed by atoms with Gasteiger partial charge >= 0.3 is 6.18 Å². The van der Waals surface area contributed by atoms with Crippen molar-refractivity contribution >= 4 is 11.6 Å². The number of halogens is 3. The topological polar surface area (TPSA) is 41.1 Å². The normalized spacial score (nSPS) is 11.4. The van der Waals surface area contributed by atoms with Gasteiger partial charge in [-0.05, 0) is 24.0 Å². The number of para-hydroxylation sites is 1. The molecule has 112 valence electrons.